The first-order valence-electron chi connectivity index (χ1n) is 7.67. The fourth-order valence-electron chi connectivity index (χ4n) is 2.70. The van der Waals surface area contributed by atoms with Crippen LogP contribution in [0.25, 0.3) is 0 Å². The van der Waals surface area contributed by atoms with Crippen molar-refractivity contribution in [3.05, 3.63) is 52.7 Å². The van der Waals surface area contributed by atoms with Gasteiger partial charge >= 0.3 is 6.03 Å². The molecule has 0 saturated carbocycles. The number of nitrogens with one attached hydrogen (secondary N) is 2. The Kier molecular flexibility index (Phi) is 4.92. The summed E-state index contributed by atoms with van der Waals surface area (Å²) in [6, 6.07) is 12.6. The molecular formula is C17H19N3O2S. The summed E-state index contributed by atoms with van der Waals surface area (Å²) in [7, 11) is 0. The Hall–Kier alpha value is -2.34. The minimum absolute atomic E-state index is 0.0842. The molecule has 1 aliphatic heterocycles. The van der Waals surface area contributed by atoms with Crippen molar-refractivity contribution in [2.75, 3.05) is 11.9 Å². The number of para-hydroxylation sites is 1. The molecule has 120 valence electrons. The van der Waals surface area contributed by atoms with Crippen LogP contribution in [0, 0.1) is 0 Å². The third-order valence-corrected chi connectivity index (χ3v) is 4.73. The van der Waals surface area contributed by atoms with Crippen LogP contribution in [-0.2, 0) is 11.3 Å². The van der Waals surface area contributed by atoms with Gasteiger partial charge in [0.15, 0.2) is 0 Å². The minimum Gasteiger partial charge on any atom is -0.349 e. The first-order valence-corrected chi connectivity index (χ1v) is 8.55. The molecule has 1 atom stereocenters. The molecule has 2 heterocycles. The Bertz CT molecular complexity index is 658. The monoisotopic (exact) mass is 329 g/mol. The molecule has 1 aromatic heterocycles. The normalized spacial score (nSPS) is 17.0. The molecule has 1 fully saturated rings. The minimum atomic E-state index is -0.390. The quantitative estimate of drug-likeness (QED) is 0.905. The van der Waals surface area contributed by atoms with Gasteiger partial charge < -0.3 is 15.5 Å². The van der Waals surface area contributed by atoms with Crippen LogP contribution in [0.5, 0.6) is 0 Å². The molecule has 1 aromatic carbocycles. The molecule has 3 amide bonds. The molecule has 0 bridgehead atoms. The molecule has 5 nitrogen and oxygen atoms in total. The lowest BCUT2D eigenvalue weighted by Gasteiger charge is -2.24. The van der Waals surface area contributed by atoms with Crippen molar-refractivity contribution < 1.29 is 9.59 Å². The molecule has 0 aliphatic carbocycles. The van der Waals surface area contributed by atoms with E-state index in [4.69, 9.17) is 0 Å². The summed E-state index contributed by atoms with van der Waals surface area (Å²) < 4.78 is 0. The van der Waals surface area contributed by atoms with E-state index in [1.165, 1.54) is 0 Å². The van der Waals surface area contributed by atoms with Crippen molar-refractivity contribution in [3.63, 3.8) is 0 Å². The summed E-state index contributed by atoms with van der Waals surface area (Å²) in [5, 5.41) is 7.76. The fourth-order valence-corrected chi connectivity index (χ4v) is 3.35. The first-order chi connectivity index (χ1) is 11.2. The number of urea groups is 1. The molecule has 2 aromatic rings. The number of carbonyl (C=O) groups is 2. The number of likely N-dealkylation sites (tertiary alicyclic amines) is 1. The van der Waals surface area contributed by atoms with Crippen molar-refractivity contribution in [3.8, 4) is 0 Å². The van der Waals surface area contributed by atoms with E-state index in [1.54, 1.807) is 16.2 Å². The molecule has 1 saturated heterocycles. The van der Waals surface area contributed by atoms with Crippen LogP contribution in [0.4, 0.5) is 10.5 Å². The van der Waals surface area contributed by atoms with Crippen molar-refractivity contribution in [1.82, 2.24) is 10.2 Å². The number of anilines is 1. The second kappa shape index (κ2) is 7.28. The van der Waals surface area contributed by atoms with Crippen LogP contribution >= 0.6 is 11.3 Å². The van der Waals surface area contributed by atoms with E-state index in [1.807, 2.05) is 47.8 Å². The van der Waals surface area contributed by atoms with E-state index in [0.717, 1.165) is 17.0 Å². The summed E-state index contributed by atoms with van der Waals surface area (Å²) in [6.07, 6.45) is 1.55. The van der Waals surface area contributed by atoms with E-state index < -0.39 is 6.04 Å². The molecule has 3 rings (SSSR count). The Morgan fingerprint density at radius 3 is 2.74 bits per heavy atom. The van der Waals surface area contributed by atoms with Crippen molar-refractivity contribution in [2.45, 2.75) is 25.4 Å². The molecule has 0 spiro atoms. The molecule has 0 unspecified atom stereocenters. The Morgan fingerprint density at radius 1 is 1.17 bits per heavy atom. The van der Waals surface area contributed by atoms with Crippen LogP contribution < -0.4 is 10.6 Å². The van der Waals surface area contributed by atoms with Gasteiger partial charge in [-0.2, -0.15) is 0 Å². The van der Waals surface area contributed by atoms with Gasteiger partial charge in [0.25, 0.3) is 0 Å². The highest BCUT2D eigenvalue weighted by Gasteiger charge is 2.33. The smallest absolute Gasteiger partial charge is 0.322 e. The maximum Gasteiger partial charge on any atom is 0.322 e. The number of hydrogen-bond acceptors (Lipinski definition) is 3. The molecular weight excluding hydrogens is 310 g/mol. The maximum absolute atomic E-state index is 12.4. The second-order valence-electron chi connectivity index (χ2n) is 5.44. The SMILES string of the molecule is O=C(NCc1cccs1)[C@H]1CCCN1C(=O)Nc1ccccc1. The zero-order valence-corrected chi connectivity index (χ0v) is 13.5. The third-order valence-electron chi connectivity index (χ3n) is 3.86. The first kappa shape index (κ1) is 15.6. The lowest BCUT2D eigenvalue weighted by Crippen LogP contribution is -2.47. The van der Waals surface area contributed by atoms with Crippen molar-refractivity contribution in [2.24, 2.45) is 0 Å². The van der Waals surface area contributed by atoms with Gasteiger partial charge in [0.1, 0.15) is 6.04 Å². The van der Waals surface area contributed by atoms with E-state index >= 15 is 0 Å². The maximum atomic E-state index is 12.4. The summed E-state index contributed by atoms with van der Waals surface area (Å²) >= 11 is 1.61. The van der Waals surface area contributed by atoms with Crippen molar-refractivity contribution >= 4 is 29.0 Å². The van der Waals surface area contributed by atoms with Gasteiger partial charge in [-0.1, -0.05) is 24.3 Å². The number of thiophene rings is 1. The molecule has 23 heavy (non-hydrogen) atoms. The van der Waals surface area contributed by atoms with Crippen LogP contribution in [0.15, 0.2) is 47.8 Å². The van der Waals surface area contributed by atoms with Gasteiger partial charge in [0, 0.05) is 17.1 Å². The Labute approximate surface area is 139 Å². The second-order valence-corrected chi connectivity index (χ2v) is 6.48. The molecule has 0 radical (unpaired) electrons. The van der Waals surface area contributed by atoms with Gasteiger partial charge in [0.05, 0.1) is 6.54 Å². The topological polar surface area (TPSA) is 61.4 Å². The molecule has 1 aliphatic rings. The number of amides is 3. The van der Waals surface area contributed by atoms with E-state index in [9.17, 15) is 9.59 Å². The van der Waals surface area contributed by atoms with Crippen LogP contribution in [0.3, 0.4) is 0 Å². The number of nitrogens with zero attached hydrogens (tertiary/aromatic N) is 1. The molecule has 2 N–H and O–H groups in total. The molecule has 6 heteroatoms. The fraction of sp³-hybridized carbons (Fsp3) is 0.294. The van der Waals surface area contributed by atoms with Gasteiger partial charge in [-0.05, 0) is 36.4 Å². The predicted octanol–water partition coefficient (Wildman–Crippen LogP) is 3.06. The zero-order valence-electron chi connectivity index (χ0n) is 12.7. The predicted molar refractivity (Wildman–Crippen MR) is 91.4 cm³/mol. The number of benzene rings is 1. The van der Waals surface area contributed by atoms with Gasteiger partial charge in [0.2, 0.25) is 5.91 Å². The van der Waals surface area contributed by atoms with E-state index in [-0.39, 0.29) is 11.9 Å². The zero-order chi connectivity index (χ0) is 16.1. The van der Waals surface area contributed by atoms with Gasteiger partial charge in [-0.25, -0.2) is 4.79 Å². The van der Waals surface area contributed by atoms with Crippen molar-refractivity contribution in [1.29, 1.82) is 0 Å². The van der Waals surface area contributed by atoms with E-state index in [2.05, 4.69) is 10.6 Å². The largest absolute Gasteiger partial charge is 0.349 e. The Morgan fingerprint density at radius 2 is 2.00 bits per heavy atom. The number of rotatable bonds is 4. The summed E-state index contributed by atoms with van der Waals surface area (Å²) in [5.74, 6) is -0.0842. The summed E-state index contributed by atoms with van der Waals surface area (Å²) in [4.78, 5) is 27.5. The van der Waals surface area contributed by atoms with Crippen LogP contribution in [-0.4, -0.2) is 29.4 Å². The van der Waals surface area contributed by atoms with Gasteiger partial charge in [-0.15, -0.1) is 11.3 Å². The third kappa shape index (κ3) is 3.90. The van der Waals surface area contributed by atoms with Crippen LogP contribution in [0.1, 0.15) is 17.7 Å². The standard InChI is InChI=1S/C17H19N3O2S/c21-16(18-12-14-8-5-11-23-14)15-9-4-10-20(15)17(22)19-13-6-2-1-3-7-13/h1-3,5-8,11,15H,4,9-10,12H2,(H,18,21)(H,19,22)/t15-/m1/s1. The van der Waals surface area contributed by atoms with Crippen LogP contribution in [0.2, 0.25) is 0 Å². The number of carbonyl (C=O) groups excluding carboxylic acids is 2. The highest BCUT2D eigenvalue weighted by Crippen LogP contribution is 2.19. The lowest BCUT2D eigenvalue weighted by atomic mass is 10.2. The average Bonchev–Trinajstić information content (AvgIpc) is 3.25. The highest BCUT2D eigenvalue weighted by atomic mass is 32.1. The van der Waals surface area contributed by atoms with E-state index in [0.29, 0.717) is 19.5 Å². The lowest BCUT2D eigenvalue weighted by molar-refractivity contribution is -0.124. The number of hydrogen-bond donors (Lipinski definition) is 2. The summed E-state index contributed by atoms with van der Waals surface area (Å²) in [5.41, 5.74) is 0.738. The highest BCUT2D eigenvalue weighted by molar-refractivity contribution is 7.09. The average molecular weight is 329 g/mol. The van der Waals surface area contributed by atoms with Gasteiger partial charge in [-0.3, -0.25) is 4.79 Å². The Balaban J connectivity index is 1.58. The summed E-state index contributed by atoms with van der Waals surface area (Å²) in [6.45, 7) is 1.12.